The number of aromatic nitrogens is 3. The molecule has 1 unspecified atom stereocenters. The van der Waals surface area contributed by atoms with Gasteiger partial charge in [0.15, 0.2) is 11.4 Å². The average Bonchev–Trinajstić information content (AvgIpc) is 2.97. The fourth-order valence-corrected chi connectivity index (χ4v) is 2.51. The van der Waals surface area contributed by atoms with E-state index in [1.54, 1.807) is 18.1 Å². The second kappa shape index (κ2) is 3.52. The first kappa shape index (κ1) is 9.21. The molecule has 1 aromatic rings. The third kappa shape index (κ3) is 1.73. The van der Waals surface area contributed by atoms with E-state index in [0.29, 0.717) is 0 Å². The number of fused-ring (bicyclic) bond motifs is 1. The van der Waals surface area contributed by atoms with E-state index >= 15 is 0 Å². The van der Waals surface area contributed by atoms with Crippen LogP contribution in [0.15, 0.2) is 11.5 Å². The highest BCUT2D eigenvalue weighted by molar-refractivity contribution is 7.99. The molecule has 15 heavy (non-hydrogen) atoms. The fraction of sp³-hybridized carbons (Fsp3) is 0.667. The fourth-order valence-electron chi connectivity index (χ4n) is 1.59. The second-order valence-electron chi connectivity index (χ2n) is 3.82. The van der Waals surface area contributed by atoms with Crippen molar-refractivity contribution in [2.75, 3.05) is 5.75 Å². The topological polar surface area (TPSA) is 57.0 Å². The van der Waals surface area contributed by atoms with Gasteiger partial charge in [-0.3, -0.25) is 9.36 Å². The number of hydrogen-bond acceptors (Lipinski definition) is 5. The second-order valence-corrected chi connectivity index (χ2v) is 4.89. The van der Waals surface area contributed by atoms with Gasteiger partial charge in [-0.05, 0) is 12.8 Å². The van der Waals surface area contributed by atoms with Crippen molar-refractivity contribution in [1.82, 2.24) is 14.8 Å². The molecule has 1 aliphatic heterocycles. The molecule has 0 bridgehead atoms. The van der Waals surface area contributed by atoms with Crippen LogP contribution < -0.4 is 0 Å². The average molecular weight is 225 g/mol. The molecule has 1 atom stereocenters. The number of carbonyl (C=O) groups is 1. The van der Waals surface area contributed by atoms with Crippen LogP contribution in [0.5, 0.6) is 0 Å². The van der Waals surface area contributed by atoms with Crippen LogP contribution in [0.4, 0.5) is 0 Å². The molecule has 0 radical (unpaired) electrons. The Kier molecular flexibility index (Phi) is 2.16. The van der Waals surface area contributed by atoms with Crippen molar-refractivity contribution < 1.29 is 9.53 Å². The van der Waals surface area contributed by atoms with Crippen LogP contribution >= 0.6 is 11.8 Å². The first-order valence-electron chi connectivity index (χ1n) is 5.07. The molecular weight excluding hydrogens is 214 g/mol. The van der Waals surface area contributed by atoms with Crippen molar-refractivity contribution in [2.45, 2.75) is 30.6 Å². The molecule has 0 N–H and O–H groups in total. The van der Waals surface area contributed by atoms with Crippen LogP contribution in [0.3, 0.4) is 0 Å². The van der Waals surface area contributed by atoms with Gasteiger partial charge in [-0.25, -0.2) is 0 Å². The first-order chi connectivity index (χ1) is 7.34. The highest BCUT2D eigenvalue weighted by Gasteiger charge is 2.34. The highest BCUT2D eigenvalue weighted by atomic mass is 32.2. The minimum atomic E-state index is -0.190. The molecule has 0 aromatic carbocycles. The molecule has 1 fully saturated rings. The normalized spacial score (nSPS) is 24.7. The third-order valence-electron chi connectivity index (χ3n) is 2.61. The predicted octanol–water partition coefficient (Wildman–Crippen LogP) is 1.23. The summed E-state index contributed by atoms with van der Waals surface area (Å²) in [5.41, 5.74) is 0. The van der Waals surface area contributed by atoms with Crippen molar-refractivity contribution in [3.8, 4) is 0 Å². The van der Waals surface area contributed by atoms with Gasteiger partial charge in [-0.2, -0.15) is 0 Å². The van der Waals surface area contributed by atoms with Gasteiger partial charge >= 0.3 is 5.97 Å². The summed E-state index contributed by atoms with van der Waals surface area (Å²) in [6.45, 7) is 0. The molecule has 6 heteroatoms. The van der Waals surface area contributed by atoms with Gasteiger partial charge < -0.3 is 4.74 Å². The van der Waals surface area contributed by atoms with Crippen molar-refractivity contribution in [1.29, 1.82) is 0 Å². The van der Waals surface area contributed by atoms with Crippen LogP contribution in [0.25, 0.3) is 0 Å². The van der Waals surface area contributed by atoms with Gasteiger partial charge in [0.05, 0.1) is 5.92 Å². The molecule has 80 valence electrons. The van der Waals surface area contributed by atoms with E-state index in [1.807, 2.05) is 4.57 Å². The molecule has 1 aliphatic carbocycles. The van der Waals surface area contributed by atoms with E-state index in [1.165, 1.54) is 0 Å². The van der Waals surface area contributed by atoms with Gasteiger partial charge in [-0.1, -0.05) is 11.8 Å². The standard InChI is InChI=1S/C9H11N3O2S/c13-8(6-1-2-6)14-7-3-4-15-9-11-10-5-12(7)9/h5-7H,1-4H2. The van der Waals surface area contributed by atoms with Crippen LogP contribution in [-0.2, 0) is 9.53 Å². The highest BCUT2D eigenvalue weighted by Crippen LogP contribution is 2.35. The lowest BCUT2D eigenvalue weighted by molar-refractivity contribution is -0.156. The maximum atomic E-state index is 11.5. The molecule has 3 rings (SSSR count). The maximum absolute atomic E-state index is 11.5. The summed E-state index contributed by atoms with van der Waals surface area (Å²) in [4.78, 5) is 11.5. The summed E-state index contributed by atoms with van der Waals surface area (Å²) >= 11 is 1.65. The molecule has 1 saturated carbocycles. The van der Waals surface area contributed by atoms with Gasteiger partial charge in [0.1, 0.15) is 6.33 Å². The molecule has 2 heterocycles. The van der Waals surface area contributed by atoms with Crippen LogP contribution in [0.2, 0.25) is 0 Å². The minimum absolute atomic E-state index is 0.0634. The van der Waals surface area contributed by atoms with Crippen LogP contribution in [-0.4, -0.2) is 26.5 Å². The molecular formula is C9H11N3O2S. The molecule has 2 aliphatic rings. The van der Waals surface area contributed by atoms with E-state index in [2.05, 4.69) is 10.2 Å². The molecule has 0 amide bonds. The van der Waals surface area contributed by atoms with Gasteiger partial charge in [0.25, 0.3) is 0 Å². The summed E-state index contributed by atoms with van der Waals surface area (Å²) < 4.78 is 7.27. The zero-order valence-electron chi connectivity index (χ0n) is 8.13. The smallest absolute Gasteiger partial charge is 0.310 e. The number of nitrogens with zero attached hydrogens (tertiary/aromatic N) is 3. The van der Waals surface area contributed by atoms with Crippen molar-refractivity contribution in [3.05, 3.63) is 6.33 Å². The van der Waals surface area contributed by atoms with Crippen LogP contribution in [0, 0.1) is 5.92 Å². The van der Waals surface area contributed by atoms with Crippen molar-refractivity contribution in [3.63, 3.8) is 0 Å². The Morgan fingerprint density at radius 2 is 2.40 bits per heavy atom. The van der Waals surface area contributed by atoms with Gasteiger partial charge in [0.2, 0.25) is 0 Å². The van der Waals surface area contributed by atoms with Crippen molar-refractivity contribution >= 4 is 17.7 Å². The summed E-state index contributed by atoms with van der Waals surface area (Å²) in [6, 6.07) is 0. The molecule has 0 saturated heterocycles. The van der Waals surface area contributed by atoms with Gasteiger partial charge in [0, 0.05) is 12.2 Å². The van der Waals surface area contributed by atoms with Gasteiger partial charge in [-0.15, -0.1) is 10.2 Å². The SMILES string of the molecule is O=C(OC1CCSc2nncn21)C1CC1. The number of thioether (sulfide) groups is 1. The summed E-state index contributed by atoms with van der Waals surface area (Å²) in [6.07, 6.45) is 4.25. The monoisotopic (exact) mass is 225 g/mol. The lowest BCUT2D eigenvalue weighted by atomic mass is 10.4. The summed E-state index contributed by atoms with van der Waals surface area (Å²) in [5, 5.41) is 8.62. The Morgan fingerprint density at radius 3 is 3.20 bits per heavy atom. The summed E-state index contributed by atoms with van der Waals surface area (Å²) in [7, 11) is 0. The van der Waals surface area contributed by atoms with E-state index in [9.17, 15) is 4.79 Å². The quantitative estimate of drug-likeness (QED) is 0.708. The number of carbonyl (C=O) groups excluding carboxylic acids is 1. The zero-order valence-corrected chi connectivity index (χ0v) is 8.94. The molecule has 0 spiro atoms. The number of ether oxygens (including phenoxy) is 1. The molecule has 5 nitrogen and oxygen atoms in total. The van der Waals surface area contributed by atoms with E-state index in [-0.39, 0.29) is 18.1 Å². The molecule has 1 aromatic heterocycles. The third-order valence-corrected chi connectivity index (χ3v) is 3.60. The Bertz CT molecular complexity index is 388. The number of rotatable bonds is 2. The van der Waals surface area contributed by atoms with E-state index < -0.39 is 0 Å². The lowest BCUT2D eigenvalue weighted by Crippen LogP contribution is -2.22. The maximum Gasteiger partial charge on any atom is 0.310 e. The summed E-state index contributed by atoms with van der Waals surface area (Å²) in [5.74, 6) is 1.02. The Labute approximate surface area is 91.2 Å². The largest absolute Gasteiger partial charge is 0.441 e. The first-order valence-corrected chi connectivity index (χ1v) is 6.06. The van der Waals surface area contributed by atoms with Crippen molar-refractivity contribution in [2.24, 2.45) is 5.92 Å². The van der Waals surface area contributed by atoms with Crippen LogP contribution in [0.1, 0.15) is 25.5 Å². The lowest BCUT2D eigenvalue weighted by Gasteiger charge is -2.23. The number of hydrogen-bond donors (Lipinski definition) is 0. The zero-order chi connectivity index (χ0) is 10.3. The minimum Gasteiger partial charge on any atom is -0.441 e. The number of esters is 1. The van der Waals surface area contributed by atoms with E-state index in [0.717, 1.165) is 30.2 Å². The Hall–Kier alpha value is -1.04. The Balaban J connectivity index is 1.74. The van der Waals surface area contributed by atoms with E-state index in [4.69, 9.17) is 4.74 Å². The Morgan fingerprint density at radius 1 is 1.53 bits per heavy atom. The predicted molar refractivity (Wildman–Crippen MR) is 53.2 cm³/mol.